The molecule has 1 saturated heterocycles. The Hall–Kier alpha value is -2.69. The summed E-state index contributed by atoms with van der Waals surface area (Å²) in [5.74, 6) is -0.544. The lowest BCUT2D eigenvalue weighted by atomic mass is 9.84. The Morgan fingerprint density at radius 3 is 2.61 bits per heavy atom. The van der Waals surface area contributed by atoms with E-state index in [9.17, 15) is 14.0 Å². The summed E-state index contributed by atoms with van der Waals surface area (Å²) < 4.78 is 14.1. The summed E-state index contributed by atoms with van der Waals surface area (Å²) in [6, 6.07) is 13.3. The number of nitrogens with zero attached hydrogens (tertiary/aromatic N) is 1. The maximum atomic E-state index is 14.1. The largest absolute Gasteiger partial charge is 0.323 e. The van der Waals surface area contributed by atoms with Crippen LogP contribution in [0.2, 0.25) is 0 Å². The van der Waals surface area contributed by atoms with Crippen LogP contribution in [0.3, 0.4) is 0 Å². The minimum Gasteiger partial charge on any atom is -0.323 e. The number of benzene rings is 2. The van der Waals surface area contributed by atoms with Gasteiger partial charge in [0, 0.05) is 11.6 Å². The first kappa shape index (κ1) is 18.7. The molecule has 1 aliphatic heterocycles. The van der Waals surface area contributed by atoms with E-state index in [1.165, 1.54) is 6.07 Å². The number of anilines is 1. The van der Waals surface area contributed by atoms with Gasteiger partial charge in [0.1, 0.15) is 11.9 Å². The van der Waals surface area contributed by atoms with Gasteiger partial charge in [-0.2, -0.15) is 0 Å². The molecule has 5 heteroatoms. The van der Waals surface area contributed by atoms with Gasteiger partial charge in [-0.15, -0.1) is 0 Å². The Balaban J connectivity index is 1.62. The zero-order chi connectivity index (χ0) is 19.7. The van der Waals surface area contributed by atoms with Gasteiger partial charge >= 0.3 is 0 Å². The van der Waals surface area contributed by atoms with Crippen LogP contribution in [-0.4, -0.2) is 28.8 Å². The molecule has 0 spiro atoms. The van der Waals surface area contributed by atoms with Crippen LogP contribution in [0.1, 0.15) is 48.0 Å². The van der Waals surface area contributed by atoms with Crippen LogP contribution in [0.15, 0.2) is 48.5 Å². The smallest absolute Gasteiger partial charge is 0.254 e. The van der Waals surface area contributed by atoms with Gasteiger partial charge in [-0.3, -0.25) is 9.59 Å². The van der Waals surface area contributed by atoms with Gasteiger partial charge in [-0.1, -0.05) is 37.1 Å². The van der Waals surface area contributed by atoms with Gasteiger partial charge in [-0.05, 0) is 61.9 Å². The zero-order valence-corrected chi connectivity index (χ0v) is 16.0. The molecule has 2 aliphatic rings. The molecule has 4 rings (SSSR count). The molecule has 1 aliphatic carbocycles. The molecule has 2 fully saturated rings. The number of hydrogen-bond acceptors (Lipinski definition) is 2. The van der Waals surface area contributed by atoms with E-state index in [0.717, 1.165) is 31.2 Å². The van der Waals surface area contributed by atoms with E-state index in [1.807, 2.05) is 25.1 Å². The topological polar surface area (TPSA) is 49.4 Å². The first-order valence-electron chi connectivity index (χ1n) is 9.99. The number of hydrogen-bond donors (Lipinski definition) is 1. The number of halogens is 1. The van der Waals surface area contributed by atoms with Crippen molar-refractivity contribution in [3.05, 3.63) is 65.5 Å². The van der Waals surface area contributed by atoms with E-state index >= 15 is 0 Å². The molecule has 2 amide bonds. The average Bonchev–Trinajstić information content (AvgIpc) is 3.10. The summed E-state index contributed by atoms with van der Waals surface area (Å²) in [6.07, 6.45) is 4.80. The fourth-order valence-electron chi connectivity index (χ4n) is 4.67. The lowest BCUT2D eigenvalue weighted by Gasteiger charge is -2.33. The lowest BCUT2D eigenvalue weighted by molar-refractivity contribution is -0.120. The van der Waals surface area contributed by atoms with Crippen molar-refractivity contribution >= 4 is 17.5 Å². The van der Waals surface area contributed by atoms with Crippen molar-refractivity contribution in [1.82, 2.24) is 4.90 Å². The van der Waals surface area contributed by atoms with Crippen LogP contribution in [0.25, 0.3) is 0 Å². The average molecular weight is 380 g/mol. The van der Waals surface area contributed by atoms with Gasteiger partial charge < -0.3 is 10.2 Å². The summed E-state index contributed by atoms with van der Waals surface area (Å²) in [6.45, 7) is 1.85. The minimum atomic E-state index is -0.569. The van der Waals surface area contributed by atoms with Crippen molar-refractivity contribution in [2.75, 3.05) is 5.32 Å². The molecule has 3 atom stereocenters. The van der Waals surface area contributed by atoms with Gasteiger partial charge in [0.05, 0.1) is 5.69 Å². The molecule has 4 nitrogen and oxygen atoms in total. The number of nitrogens with one attached hydrogen (secondary N) is 1. The van der Waals surface area contributed by atoms with E-state index in [0.29, 0.717) is 17.9 Å². The Morgan fingerprint density at radius 2 is 1.82 bits per heavy atom. The Morgan fingerprint density at radius 1 is 1.07 bits per heavy atom. The fourth-order valence-corrected chi connectivity index (χ4v) is 4.67. The monoisotopic (exact) mass is 380 g/mol. The van der Waals surface area contributed by atoms with Crippen LogP contribution >= 0.6 is 0 Å². The number of likely N-dealkylation sites (tertiary alicyclic amines) is 1. The van der Waals surface area contributed by atoms with Gasteiger partial charge in [0.25, 0.3) is 5.91 Å². The maximum Gasteiger partial charge on any atom is 0.254 e. The van der Waals surface area contributed by atoms with Gasteiger partial charge in [-0.25, -0.2) is 4.39 Å². The third kappa shape index (κ3) is 3.53. The molecule has 0 radical (unpaired) electrons. The Labute approximate surface area is 164 Å². The Bertz CT molecular complexity index is 883. The van der Waals surface area contributed by atoms with Crippen molar-refractivity contribution in [2.24, 2.45) is 5.92 Å². The molecule has 2 aromatic rings. The van der Waals surface area contributed by atoms with Crippen molar-refractivity contribution in [3.8, 4) is 0 Å². The quantitative estimate of drug-likeness (QED) is 0.849. The highest BCUT2D eigenvalue weighted by Crippen LogP contribution is 2.41. The molecule has 2 aromatic carbocycles. The highest BCUT2D eigenvalue weighted by atomic mass is 19.1. The third-order valence-electron chi connectivity index (χ3n) is 6.03. The molecule has 28 heavy (non-hydrogen) atoms. The summed E-state index contributed by atoms with van der Waals surface area (Å²) >= 11 is 0. The van der Waals surface area contributed by atoms with Crippen LogP contribution < -0.4 is 5.32 Å². The van der Waals surface area contributed by atoms with E-state index in [4.69, 9.17) is 0 Å². The predicted molar refractivity (Wildman–Crippen MR) is 107 cm³/mol. The van der Waals surface area contributed by atoms with Crippen LogP contribution in [0.4, 0.5) is 10.1 Å². The standard InChI is InChI=1S/C23H25FN2O2/c1-15-11-12-18(24)19(13-15)25-22(27)21-14-17-9-5-6-10-20(17)26(21)23(28)16-7-3-2-4-8-16/h2-4,7-8,11-13,17,20-21H,5-6,9-10,14H2,1H3,(H,25,27). The zero-order valence-electron chi connectivity index (χ0n) is 16.0. The number of fused-ring (bicyclic) bond motifs is 1. The second-order valence-electron chi connectivity index (χ2n) is 7.91. The Kier molecular flexibility index (Phi) is 5.16. The van der Waals surface area contributed by atoms with E-state index in [2.05, 4.69) is 5.32 Å². The molecule has 1 heterocycles. The van der Waals surface area contributed by atoms with Crippen molar-refractivity contribution in [1.29, 1.82) is 0 Å². The highest BCUT2D eigenvalue weighted by Gasteiger charge is 2.47. The van der Waals surface area contributed by atoms with Crippen molar-refractivity contribution in [3.63, 3.8) is 0 Å². The first-order valence-corrected chi connectivity index (χ1v) is 9.99. The van der Waals surface area contributed by atoms with Gasteiger partial charge in [0.15, 0.2) is 0 Å². The number of carbonyl (C=O) groups is 2. The fraction of sp³-hybridized carbons (Fsp3) is 0.391. The molecular formula is C23H25FN2O2. The molecular weight excluding hydrogens is 355 g/mol. The van der Waals surface area contributed by atoms with Crippen LogP contribution in [-0.2, 0) is 4.79 Å². The number of aryl methyl sites for hydroxylation is 1. The molecule has 0 aromatic heterocycles. The third-order valence-corrected chi connectivity index (χ3v) is 6.03. The molecule has 146 valence electrons. The summed E-state index contributed by atoms with van der Waals surface area (Å²) in [4.78, 5) is 28.1. The van der Waals surface area contributed by atoms with Crippen molar-refractivity contribution in [2.45, 2.75) is 51.1 Å². The summed E-state index contributed by atoms with van der Waals surface area (Å²) in [5, 5.41) is 2.73. The molecule has 1 saturated carbocycles. The molecule has 0 bridgehead atoms. The maximum absolute atomic E-state index is 14.1. The molecule has 1 N–H and O–H groups in total. The summed E-state index contributed by atoms with van der Waals surface area (Å²) in [7, 11) is 0. The highest BCUT2D eigenvalue weighted by molar-refractivity contribution is 6.02. The van der Waals surface area contributed by atoms with E-state index in [-0.39, 0.29) is 23.5 Å². The normalized spacial score (nSPS) is 23.9. The van der Waals surface area contributed by atoms with E-state index < -0.39 is 11.9 Å². The minimum absolute atomic E-state index is 0.0829. The lowest BCUT2D eigenvalue weighted by Crippen LogP contribution is -2.47. The first-order chi connectivity index (χ1) is 13.5. The van der Waals surface area contributed by atoms with Crippen LogP contribution in [0.5, 0.6) is 0 Å². The number of carbonyl (C=O) groups excluding carboxylic acids is 2. The number of amides is 2. The molecule has 3 unspecified atom stereocenters. The second-order valence-corrected chi connectivity index (χ2v) is 7.91. The second kappa shape index (κ2) is 7.74. The van der Waals surface area contributed by atoms with Gasteiger partial charge in [0.2, 0.25) is 5.91 Å². The number of rotatable bonds is 3. The van der Waals surface area contributed by atoms with E-state index in [1.54, 1.807) is 29.2 Å². The van der Waals surface area contributed by atoms with Crippen LogP contribution in [0, 0.1) is 18.7 Å². The van der Waals surface area contributed by atoms with Crippen molar-refractivity contribution < 1.29 is 14.0 Å². The summed E-state index contributed by atoms with van der Waals surface area (Å²) in [5.41, 5.74) is 1.63. The SMILES string of the molecule is Cc1ccc(F)c(NC(=O)C2CC3CCCCC3N2C(=O)c2ccccc2)c1. The predicted octanol–water partition coefficient (Wildman–Crippen LogP) is 4.55.